The van der Waals surface area contributed by atoms with Crippen LogP contribution in [0.5, 0.6) is 5.75 Å². The standard InChI is InChI=1S/C16H15ClN4O3S/c1-3-24-15-4-5-18-7-11(15)13-8-19-10-21(13)14-9-20-16(6-12(14)17)25(2,22)23/h4-10H,3H2,1-2H3. The zero-order valence-electron chi connectivity index (χ0n) is 13.5. The normalized spacial score (nSPS) is 11.5. The fourth-order valence-corrected chi connectivity index (χ4v) is 3.21. The molecule has 0 aromatic carbocycles. The molecular formula is C16H15ClN4O3S. The van der Waals surface area contributed by atoms with Crippen molar-refractivity contribution in [3.05, 3.63) is 48.3 Å². The van der Waals surface area contributed by atoms with Gasteiger partial charge in [-0.1, -0.05) is 11.6 Å². The molecule has 3 aromatic rings. The van der Waals surface area contributed by atoms with Crippen LogP contribution in [0.4, 0.5) is 0 Å². The molecule has 3 heterocycles. The predicted molar refractivity (Wildman–Crippen MR) is 93.9 cm³/mol. The zero-order valence-corrected chi connectivity index (χ0v) is 15.1. The van der Waals surface area contributed by atoms with Gasteiger partial charge in [0, 0.05) is 18.6 Å². The van der Waals surface area contributed by atoms with Crippen molar-refractivity contribution in [3.8, 4) is 22.7 Å². The Morgan fingerprint density at radius 2 is 2.04 bits per heavy atom. The first-order valence-electron chi connectivity index (χ1n) is 7.37. The Balaban J connectivity index is 2.12. The smallest absolute Gasteiger partial charge is 0.192 e. The lowest BCUT2D eigenvalue weighted by Gasteiger charge is -2.13. The highest BCUT2D eigenvalue weighted by Crippen LogP contribution is 2.32. The van der Waals surface area contributed by atoms with Gasteiger partial charge >= 0.3 is 0 Å². The summed E-state index contributed by atoms with van der Waals surface area (Å²) in [6.07, 6.45) is 9.02. The summed E-state index contributed by atoms with van der Waals surface area (Å²) >= 11 is 6.29. The van der Waals surface area contributed by atoms with Crippen LogP contribution in [0.1, 0.15) is 6.92 Å². The molecule has 0 aliphatic heterocycles. The predicted octanol–water partition coefficient (Wildman–Crippen LogP) is 2.78. The molecule has 0 amide bonds. The molecule has 0 bridgehead atoms. The Morgan fingerprint density at radius 1 is 1.24 bits per heavy atom. The zero-order chi connectivity index (χ0) is 18.0. The Bertz CT molecular complexity index is 1020. The first-order chi connectivity index (χ1) is 11.9. The molecule has 7 nitrogen and oxygen atoms in total. The van der Waals surface area contributed by atoms with Crippen LogP contribution < -0.4 is 4.74 Å². The SMILES string of the molecule is CCOc1ccncc1-c1cncn1-c1cnc(S(C)(=O)=O)cc1Cl. The summed E-state index contributed by atoms with van der Waals surface area (Å²) in [7, 11) is -3.44. The molecule has 9 heteroatoms. The van der Waals surface area contributed by atoms with Crippen LogP contribution in [0.15, 0.2) is 48.3 Å². The van der Waals surface area contributed by atoms with Gasteiger partial charge in [-0.15, -0.1) is 0 Å². The van der Waals surface area contributed by atoms with Gasteiger partial charge < -0.3 is 4.74 Å². The molecule has 0 radical (unpaired) electrons. The maximum Gasteiger partial charge on any atom is 0.192 e. The molecule has 3 aromatic heterocycles. The lowest BCUT2D eigenvalue weighted by atomic mass is 10.2. The van der Waals surface area contributed by atoms with Crippen LogP contribution in [0.3, 0.4) is 0 Å². The maximum atomic E-state index is 11.6. The fraction of sp³-hybridized carbons (Fsp3) is 0.188. The van der Waals surface area contributed by atoms with Gasteiger partial charge in [0.05, 0.1) is 47.3 Å². The number of hydrogen-bond acceptors (Lipinski definition) is 6. The van der Waals surface area contributed by atoms with Gasteiger partial charge in [0.15, 0.2) is 14.9 Å². The summed E-state index contributed by atoms with van der Waals surface area (Å²) in [5, 5.41) is 0.163. The van der Waals surface area contributed by atoms with Crippen LogP contribution in [-0.4, -0.2) is 40.8 Å². The van der Waals surface area contributed by atoms with Crippen molar-refractivity contribution in [3.63, 3.8) is 0 Å². The minimum absolute atomic E-state index is 0.0840. The van der Waals surface area contributed by atoms with E-state index >= 15 is 0 Å². The number of nitrogens with zero attached hydrogens (tertiary/aromatic N) is 4. The van der Waals surface area contributed by atoms with Crippen LogP contribution >= 0.6 is 11.6 Å². The van der Waals surface area contributed by atoms with Crippen LogP contribution in [0.25, 0.3) is 16.9 Å². The van der Waals surface area contributed by atoms with E-state index in [1.807, 2.05) is 6.92 Å². The Kier molecular flexibility index (Phi) is 4.73. The number of halogens is 1. The average molecular weight is 379 g/mol. The summed E-state index contributed by atoms with van der Waals surface area (Å²) < 4.78 is 30.6. The van der Waals surface area contributed by atoms with Gasteiger partial charge in [-0.2, -0.15) is 0 Å². The van der Waals surface area contributed by atoms with Gasteiger partial charge in [-0.3, -0.25) is 9.55 Å². The van der Waals surface area contributed by atoms with Gasteiger partial charge in [0.1, 0.15) is 5.75 Å². The number of rotatable bonds is 5. The van der Waals surface area contributed by atoms with Crippen molar-refractivity contribution in [1.29, 1.82) is 0 Å². The molecule has 0 spiro atoms. The highest BCUT2D eigenvalue weighted by molar-refractivity contribution is 7.90. The molecule has 0 aliphatic carbocycles. The Morgan fingerprint density at radius 3 is 2.72 bits per heavy atom. The van der Waals surface area contributed by atoms with Gasteiger partial charge in [0.25, 0.3) is 0 Å². The molecule has 3 rings (SSSR count). The van der Waals surface area contributed by atoms with Crippen LogP contribution in [0, 0.1) is 0 Å². The molecule has 0 N–H and O–H groups in total. The minimum Gasteiger partial charge on any atom is -0.493 e. The number of aromatic nitrogens is 4. The van der Waals surface area contributed by atoms with Crippen LogP contribution in [-0.2, 0) is 9.84 Å². The molecule has 0 saturated carbocycles. The highest BCUT2D eigenvalue weighted by Gasteiger charge is 2.17. The van der Waals surface area contributed by atoms with Gasteiger partial charge in [0.2, 0.25) is 0 Å². The number of hydrogen-bond donors (Lipinski definition) is 0. The number of pyridine rings is 2. The third-order valence-corrected chi connectivity index (χ3v) is 4.73. The molecular weight excluding hydrogens is 364 g/mol. The van der Waals surface area contributed by atoms with Crippen molar-refractivity contribution in [2.45, 2.75) is 11.9 Å². The van der Waals surface area contributed by atoms with E-state index in [2.05, 4.69) is 15.0 Å². The highest BCUT2D eigenvalue weighted by atomic mass is 35.5. The van der Waals surface area contributed by atoms with E-state index in [4.69, 9.17) is 16.3 Å². The quantitative estimate of drug-likeness (QED) is 0.678. The van der Waals surface area contributed by atoms with E-state index in [-0.39, 0.29) is 10.0 Å². The molecule has 0 fully saturated rings. The number of ether oxygens (including phenoxy) is 1. The minimum atomic E-state index is -3.44. The second kappa shape index (κ2) is 6.81. The molecule has 130 valence electrons. The van der Waals surface area contributed by atoms with Gasteiger partial charge in [-0.25, -0.2) is 18.4 Å². The van der Waals surface area contributed by atoms with Crippen molar-refractivity contribution in [2.24, 2.45) is 0 Å². The van der Waals surface area contributed by atoms with E-state index in [0.29, 0.717) is 23.7 Å². The topological polar surface area (TPSA) is 87.0 Å². The average Bonchev–Trinajstić information content (AvgIpc) is 3.04. The third-order valence-electron chi connectivity index (χ3n) is 3.44. The molecule has 0 aliphatic rings. The van der Waals surface area contributed by atoms with Crippen molar-refractivity contribution in [2.75, 3.05) is 12.9 Å². The number of imidazole rings is 1. The van der Waals surface area contributed by atoms with E-state index < -0.39 is 9.84 Å². The van der Waals surface area contributed by atoms with E-state index in [9.17, 15) is 8.42 Å². The molecule has 0 saturated heterocycles. The first-order valence-corrected chi connectivity index (χ1v) is 9.64. The monoisotopic (exact) mass is 378 g/mol. The lowest BCUT2D eigenvalue weighted by Crippen LogP contribution is -2.04. The second-order valence-corrected chi connectivity index (χ2v) is 7.57. The fourth-order valence-electron chi connectivity index (χ4n) is 2.33. The van der Waals surface area contributed by atoms with E-state index in [1.165, 1.54) is 12.3 Å². The van der Waals surface area contributed by atoms with E-state index in [0.717, 1.165) is 11.8 Å². The molecule has 0 unspecified atom stereocenters. The Hall–Kier alpha value is -2.45. The van der Waals surface area contributed by atoms with Crippen LogP contribution in [0.2, 0.25) is 5.02 Å². The van der Waals surface area contributed by atoms with Crippen molar-refractivity contribution < 1.29 is 13.2 Å². The third kappa shape index (κ3) is 3.49. The molecule has 25 heavy (non-hydrogen) atoms. The Labute approximate surface area is 150 Å². The van der Waals surface area contributed by atoms with Gasteiger partial charge in [-0.05, 0) is 19.1 Å². The lowest BCUT2D eigenvalue weighted by molar-refractivity contribution is 0.341. The summed E-state index contributed by atoms with van der Waals surface area (Å²) in [5.74, 6) is 0.663. The van der Waals surface area contributed by atoms with Crippen molar-refractivity contribution in [1.82, 2.24) is 19.5 Å². The largest absolute Gasteiger partial charge is 0.493 e. The van der Waals surface area contributed by atoms with E-state index in [1.54, 1.807) is 35.6 Å². The summed E-state index contributed by atoms with van der Waals surface area (Å²) in [4.78, 5) is 12.3. The molecule has 0 atom stereocenters. The summed E-state index contributed by atoms with van der Waals surface area (Å²) in [5.41, 5.74) is 1.95. The second-order valence-electron chi connectivity index (χ2n) is 5.20. The summed E-state index contributed by atoms with van der Waals surface area (Å²) in [6, 6.07) is 3.09. The maximum absolute atomic E-state index is 11.6. The first kappa shape index (κ1) is 17.4. The number of sulfone groups is 1. The van der Waals surface area contributed by atoms with Crippen molar-refractivity contribution >= 4 is 21.4 Å². The summed E-state index contributed by atoms with van der Waals surface area (Å²) in [6.45, 7) is 2.41.